The number of anilines is 5. The molecule has 1 amide bonds. The van der Waals surface area contributed by atoms with Crippen molar-refractivity contribution in [2.75, 3.05) is 16.0 Å². The first-order chi connectivity index (χ1) is 13.9. The SMILES string of the molecule is O=C1CCc2cc(Nc3nc(Nc4ccccc4)ncc3C(F)(F)F)ccc2N1. The number of aromatic nitrogens is 2. The monoisotopic (exact) mass is 399 g/mol. The molecule has 0 radical (unpaired) electrons. The van der Waals surface area contributed by atoms with Gasteiger partial charge in [-0.2, -0.15) is 18.2 Å². The van der Waals surface area contributed by atoms with Crippen LogP contribution in [-0.2, 0) is 17.4 Å². The van der Waals surface area contributed by atoms with Crippen LogP contribution < -0.4 is 16.0 Å². The first kappa shape index (κ1) is 18.7. The Morgan fingerprint density at radius 1 is 0.966 bits per heavy atom. The summed E-state index contributed by atoms with van der Waals surface area (Å²) in [6.07, 6.45) is -3.01. The lowest BCUT2D eigenvalue weighted by molar-refractivity contribution is -0.137. The third kappa shape index (κ3) is 4.29. The Morgan fingerprint density at radius 2 is 1.76 bits per heavy atom. The molecule has 29 heavy (non-hydrogen) atoms. The minimum absolute atomic E-state index is 0.0388. The zero-order chi connectivity index (χ0) is 20.4. The molecule has 1 aromatic heterocycles. The predicted octanol–water partition coefficient (Wildman–Crippen LogP) is 4.87. The van der Waals surface area contributed by atoms with Crippen LogP contribution >= 0.6 is 0 Å². The fourth-order valence-electron chi connectivity index (χ4n) is 2.99. The predicted molar refractivity (Wildman–Crippen MR) is 103 cm³/mol. The lowest BCUT2D eigenvalue weighted by atomic mass is 10.0. The summed E-state index contributed by atoms with van der Waals surface area (Å²) in [4.78, 5) is 19.3. The van der Waals surface area contributed by atoms with Gasteiger partial charge in [-0.1, -0.05) is 18.2 Å². The molecule has 3 N–H and O–H groups in total. The van der Waals surface area contributed by atoms with Crippen molar-refractivity contribution in [2.45, 2.75) is 19.0 Å². The van der Waals surface area contributed by atoms with Gasteiger partial charge in [0.15, 0.2) is 0 Å². The van der Waals surface area contributed by atoms with Gasteiger partial charge in [-0.25, -0.2) is 4.98 Å². The van der Waals surface area contributed by atoms with Gasteiger partial charge >= 0.3 is 6.18 Å². The molecule has 0 saturated heterocycles. The van der Waals surface area contributed by atoms with E-state index in [-0.39, 0.29) is 17.7 Å². The maximum absolute atomic E-state index is 13.4. The molecule has 0 aliphatic carbocycles. The summed E-state index contributed by atoms with van der Waals surface area (Å²) in [5, 5.41) is 8.37. The minimum atomic E-state index is -4.62. The van der Waals surface area contributed by atoms with E-state index >= 15 is 0 Å². The van der Waals surface area contributed by atoms with Crippen molar-refractivity contribution in [3.63, 3.8) is 0 Å². The third-order valence-electron chi connectivity index (χ3n) is 4.39. The average Bonchev–Trinajstić information content (AvgIpc) is 2.68. The van der Waals surface area contributed by atoms with Crippen molar-refractivity contribution in [3.05, 3.63) is 65.9 Å². The first-order valence-corrected chi connectivity index (χ1v) is 8.84. The number of rotatable bonds is 4. The van der Waals surface area contributed by atoms with Crippen LogP contribution in [0.4, 0.5) is 42.0 Å². The number of nitrogens with zero attached hydrogens (tertiary/aromatic N) is 2. The number of carbonyl (C=O) groups excluding carboxylic acids is 1. The summed E-state index contributed by atoms with van der Waals surface area (Å²) < 4.78 is 40.3. The van der Waals surface area contributed by atoms with E-state index in [0.717, 1.165) is 11.8 Å². The number of nitrogens with one attached hydrogen (secondary N) is 3. The molecule has 0 atom stereocenters. The number of benzene rings is 2. The molecule has 9 heteroatoms. The van der Waals surface area contributed by atoms with Gasteiger partial charge in [0.05, 0.1) is 0 Å². The van der Waals surface area contributed by atoms with Gasteiger partial charge in [0, 0.05) is 29.7 Å². The van der Waals surface area contributed by atoms with Crippen LogP contribution in [-0.4, -0.2) is 15.9 Å². The van der Waals surface area contributed by atoms with Crippen LogP contribution in [0.1, 0.15) is 17.5 Å². The number of amides is 1. The molecular weight excluding hydrogens is 383 g/mol. The number of para-hydroxylation sites is 1. The summed E-state index contributed by atoms with van der Waals surface area (Å²) in [6.45, 7) is 0. The number of aryl methyl sites for hydroxylation is 1. The van der Waals surface area contributed by atoms with Gasteiger partial charge < -0.3 is 16.0 Å². The highest BCUT2D eigenvalue weighted by atomic mass is 19.4. The Hall–Kier alpha value is -3.62. The highest BCUT2D eigenvalue weighted by Crippen LogP contribution is 2.36. The molecule has 0 saturated carbocycles. The Balaban J connectivity index is 1.65. The molecular formula is C20H16F3N5O. The van der Waals surface area contributed by atoms with Crippen LogP contribution in [0.5, 0.6) is 0 Å². The largest absolute Gasteiger partial charge is 0.421 e. The molecule has 4 rings (SSSR count). The van der Waals surface area contributed by atoms with Crippen LogP contribution in [0.15, 0.2) is 54.7 Å². The maximum atomic E-state index is 13.4. The fourth-order valence-corrected chi connectivity index (χ4v) is 2.99. The fraction of sp³-hybridized carbons (Fsp3) is 0.150. The molecule has 148 valence electrons. The molecule has 2 aromatic carbocycles. The molecule has 0 bridgehead atoms. The van der Waals surface area contributed by atoms with Gasteiger partial charge in [-0.3, -0.25) is 4.79 Å². The zero-order valence-corrected chi connectivity index (χ0v) is 15.0. The van der Waals surface area contributed by atoms with E-state index in [9.17, 15) is 18.0 Å². The Kier molecular flexibility index (Phi) is 4.79. The van der Waals surface area contributed by atoms with Crippen molar-refractivity contribution < 1.29 is 18.0 Å². The number of hydrogen-bond acceptors (Lipinski definition) is 5. The number of fused-ring (bicyclic) bond motifs is 1. The minimum Gasteiger partial charge on any atom is -0.340 e. The summed E-state index contributed by atoms with van der Waals surface area (Å²) in [7, 11) is 0. The molecule has 1 aliphatic heterocycles. The molecule has 1 aliphatic rings. The quantitative estimate of drug-likeness (QED) is 0.584. The summed E-state index contributed by atoms with van der Waals surface area (Å²) in [5.74, 6) is -0.396. The van der Waals surface area contributed by atoms with E-state index < -0.39 is 11.7 Å². The standard InChI is InChI=1S/C20H16F3N5O/c21-20(22,23)15-11-24-19(26-13-4-2-1-3-5-13)28-18(15)25-14-7-8-16-12(10-14)6-9-17(29)27-16/h1-5,7-8,10-11H,6,9H2,(H,27,29)(H2,24,25,26,28). The Labute approximate surface area is 164 Å². The lowest BCUT2D eigenvalue weighted by Gasteiger charge is -2.19. The highest BCUT2D eigenvalue weighted by molar-refractivity contribution is 5.94. The first-order valence-electron chi connectivity index (χ1n) is 8.84. The average molecular weight is 399 g/mol. The number of alkyl halides is 3. The topological polar surface area (TPSA) is 78.9 Å². The number of halogens is 3. The Morgan fingerprint density at radius 3 is 2.52 bits per heavy atom. The van der Waals surface area contributed by atoms with Crippen LogP contribution in [0.2, 0.25) is 0 Å². The van der Waals surface area contributed by atoms with Crippen molar-refractivity contribution in [2.24, 2.45) is 0 Å². The molecule has 0 spiro atoms. The van der Waals surface area contributed by atoms with Gasteiger partial charge in [0.2, 0.25) is 11.9 Å². The molecule has 0 unspecified atom stereocenters. The van der Waals surface area contributed by atoms with Crippen molar-refractivity contribution >= 4 is 34.7 Å². The molecule has 0 fully saturated rings. The highest BCUT2D eigenvalue weighted by Gasteiger charge is 2.35. The van der Waals surface area contributed by atoms with E-state index in [1.54, 1.807) is 42.5 Å². The summed E-state index contributed by atoms with van der Waals surface area (Å²) >= 11 is 0. The van der Waals surface area contributed by atoms with Crippen LogP contribution in [0, 0.1) is 0 Å². The van der Waals surface area contributed by atoms with Gasteiger partial charge in [-0.05, 0) is 42.3 Å². The number of carbonyl (C=O) groups is 1. The smallest absolute Gasteiger partial charge is 0.340 e. The van der Waals surface area contributed by atoms with Crippen LogP contribution in [0.3, 0.4) is 0 Å². The van der Waals surface area contributed by atoms with Crippen LogP contribution in [0.25, 0.3) is 0 Å². The molecule has 6 nitrogen and oxygen atoms in total. The number of hydrogen-bond donors (Lipinski definition) is 3. The van der Waals surface area contributed by atoms with Crippen molar-refractivity contribution in [1.82, 2.24) is 9.97 Å². The van der Waals surface area contributed by atoms with E-state index in [4.69, 9.17) is 0 Å². The second-order valence-corrected chi connectivity index (χ2v) is 6.49. The van der Waals surface area contributed by atoms with Crippen molar-refractivity contribution in [3.8, 4) is 0 Å². The maximum Gasteiger partial charge on any atom is 0.421 e. The van der Waals surface area contributed by atoms with E-state index in [1.807, 2.05) is 6.07 Å². The summed E-state index contributed by atoms with van der Waals surface area (Å²) in [6, 6.07) is 13.9. The second kappa shape index (κ2) is 7.42. The van der Waals surface area contributed by atoms with E-state index in [0.29, 0.717) is 29.9 Å². The normalized spacial score (nSPS) is 13.4. The van der Waals surface area contributed by atoms with E-state index in [1.165, 1.54) is 0 Å². The summed E-state index contributed by atoms with van der Waals surface area (Å²) in [5.41, 5.74) is 1.64. The Bertz CT molecular complexity index is 1050. The second-order valence-electron chi connectivity index (χ2n) is 6.49. The van der Waals surface area contributed by atoms with Crippen molar-refractivity contribution in [1.29, 1.82) is 0 Å². The molecule has 3 aromatic rings. The lowest BCUT2D eigenvalue weighted by Crippen LogP contribution is -2.19. The molecule has 2 heterocycles. The van der Waals surface area contributed by atoms with Gasteiger partial charge in [0.25, 0.3) is 0 Å². The van der Waals surface area contributed by atoms with Gasteiger partial charge in [0.1, 0.15) is 11.4 Å². The zero-order valence-electron chi connectivity index (χ0n) is 15.0. The third-order valence-corrected chi connectivity index (χ3v) is 4.39. The van der Waals surface area contributed by atoms with Gasteiger partial charge in [-0.15, -0.1) is 0 Å². The van der Waals surface area contributed by atoms with E-state index in [2.05, 4.69) is 25.9 Å².